The summed E-state index contributed by atoms with van der Waals surface area (Å²) >= 11 is 0. The molecule has 0 N–H and O–H groups in total. The molecule has 2 nitrogen and oxygen atoms in total. The van der Waals surface area contributed by atoms with Crippen molar-refractivity contribution in [1.82, 2.24) is 0 Å². The molecule has 5 rings (SSSR count). The molecule has 2 aliphatic heterocycles. The molecular weight excluding hydrogens is 328 g/mol. The van der Waals surface area contributed by atoms with Crippen LogP contribution in [0.5, 0.6) is 0 Å². The molecular formula is C25H26N2. The molecule has 0 amide bonds. The van der Waals surface area contributed by atoms with E-state index in [1.165, 1.54) is 0 Å². The van der Waals surface area contributed by atoms with Crippen molar-refractivity contribution in [2.75, 3.05) is 9.80 Å². The number of aryl methyl sites for hydroxylation is 1. The van der Waals surface area contributed by atoms with E-state index in [2.05, 4.69) is 6.92 Å². The van der Waals surface area contributed by atoms with Gasteiger partial charge in [0.15, 0.2) is 0 Å². The van der Waals surface area contributed by atoms with Crippen LogP contribution in [0.2, 0.25) is 0 Å². The number of hydrogen-bond acceptors (Lipinski definition) is 2. The minimum atomic E-state index is -2.25. The number of nitrogens with zero attached hydrogens (tertiary/aromatic N) is 2. The molecule has 3 aromatic rings. The average Bonchev–Trinajstić information content (AvgIpc) is 3.21. The maximum Gasteiger partial charge on any atom is 0.0994 e. The number of rotatable bonds is 2. The number of anilines is 2. The molecule has 0 aliphatic carbocycles. The van der Waals surface area contributed by atoms with Gasteiger partial charge in [0.25, 0.3) is 0 Å². The number of hydrogen-bond donors (Lipinski definition) is 0. The maximum atomic E-state index is 9.81. The van der Waals surface area contributed by atoms with Gasteiger partial charge in [0, 0.05) is 28.8 Å². The Hall–Kier alpha value is -2.74. The highest BCUT2D eigenvalue weighted by Crippen LogP contribution is 2.52. The van der Waals surface area contributed by atoms with Crippen LogP contribution >= 0.6 is 0 Å². The molecule has 4 atom stereocenters. The third-order valence-electron chi connectivity index (χ3n) is 5.97. The lowest BCUT2D eigenvalue weighted by atomic mass is 9.85. The monoisotopic (exact) mass is 358 g/mol. The number of para-hydroxylation sites is 2. The summed E-state index contributed by atoms with van der Waals surface area (Å²) < 4.78 is 35.3. The molecule has 2 heterocycles. The summed E-state index contributed by atoms with van der Waals surface area (Å²) in [5.74, 6) is -1.07. The highest BCUT2D eigenvalue weighted by atomic mass is 15.5. The van der Waals surface area contributed by atoms with Crippen molar-refractivity contribution in [3.8, 4) is 0 Å². The summed E-state index contributed by atoms with van der Waals surface area (Å²) in [5, 5.41) is 0. The normalized spacial score (nSPS) is 31.6. The third-order valence-corrected chi connectivity index (χ3v) is 5.97. The molecule has 0 bridgehead atoms. The van der Waals surface area contributed by atoms with Crippen molar-refractivity contribution in [3.63, 3.8) is 0 Å². The van der Waals surface area contributed by atoms with Gasteiger partial charge in [-0.2, -0.15) is 0 Å². The largest absolute Gasteiger partial charge is 0.346 e. The van der Waals surface area contributed by atoms with Crippen LogP contribution in [0.3, 0.4) is 0 Å². The second-order valence-corrected chi connectivity index (χ2v) is 7.46. The number of fused-ring (bicyclic) bond motifs is 3. The third kappa shape index (κ3) is 2.32. The fraction of sp³-hybridized carbons (Fsp3) is 0.280. The first-order valence-electron chi connectivity index (χ1n) is 11.5. The van der Waals surface area contributed by atoms with Crippen LogP contribution in [-0.4, -0.2) is 18.2 Å². The molecule has 1 saturated heterocycles. The van der Waals surface area contributed by atoms with E-state index in [-0.39, 0.29) is 12.1 Å². The quantitative estimate of drug-likeness (QED) is 0.591. The van der Waals surface area contributed by atoms with Crippen molar-refractivity contribution in [3.05, 3.63) is 95.6 Å². The van der Waals surface area contributed by atoms with Gasteiger partial charge >= 0.3 is 0 Å². The number of benzene rings is 3. The van der Waals surface area contributed by atoms with E-state index in [9.17, 15) is 1.37 Å². The fourth-order valence-electron chi connectivity index (χ4n) is 4.79. The molecule has 27 heavy (non-hydrogen) atoms. The first-order chi connectivity index (χ1) is 14.8. The SMILES string of the molecule is [2H]C([2H])([2H])C1N2c3ccccc3C([2H])(c3ccccc3)C2[C@H](C)N1c1ccccc1C. The molecule has 136 valence electrons. The van der Waals surface area contributed by atoms with E-state index in [1.54, 1.807) is 0 Å². The van der Waals surface area contributed by atoms with E-state index >= 15 is 0 Å². The zero-order chi connectivity index (χ0) is 22.0. The highest BCUT2D eigenvalue weighted by molar-refractivity contribution is 5.71. The Kier molecular flexibility index (Phi) is 2.88. The first-order valence-corrected chi connectivity index (χ1v) is 9.53. The summed E-state index contributed by atoms with van der Waals surface area (Å²) in [5.41, 5.74) is 4.55. The summed E-state index contributed by atoms with van der Waals surface area (Å²) in [4.78, 5) is 4.02. The highest BCUT2D eigenvalue weighted by Gasteiger charge is 2.52. The maximum absolute atomic E-state index is 9.81. The lowest BCUT2D eigenvalue weighted by Gasteiger charge is -2.32. The van der Waals surface area contributed by atoms with Crippen LogP contribution in [0.1, 0.15) is 41.8 Å². The van der Waals surface area contributed by atoms with Gasteiger partial charge in [-0.1, -0.05) is 66.7 Å². The minimum absolute atomic E-state index is 0.184. The van der Waals surface area contributed by atoms with Gasteiger partial charge in [-0.15, -0.1) is 0 Å². The standard InChI is InChI=1S/C25H26N2/c1-17-11-7-9-15-22(17)26-18(2)25-24(20-12-5-4-6-13-20)21-14-8-10-16-23(21)27(25)19(26)3/h4-16,18-19,24-25H,1-3H3/t18-,19?,24?,25?/m0/s1/i3D3,24D. The molecule has 0 spiro atoms. The van der Waals surface area contributed by atoms with Crippen molar-refractivity contribution in [1.29, 1.82) is 0 Å². The van der Waals surface area contributed by atoms with E-state index in [0.29, 0.717) is 0 Å². The van der Waals surface area contributed by atoms with Gasteiger partial charge in [0.1, 0.15) is 0 Å². The van der Waals surface area contributed by atoms with Crippen LogP contribution in [0.4, 0.5) is 11.4 Å². The van der Waals surface area contributed by atoms with Crippen LogP contribution in [-0.2, 0) is 0 Å². The molecule has 0 aromatic heterocycles. The molecule has 3 unspecified atom stereocenters. The van der Waals surface area contributed by atoms with E-state index in [1.807, 2.05) is 95.6 Å². The van der Waals surface area contributed by atoms with E-state index in [0.717, 1.165) is 28.1 Å². The van der Waals surface area contributed by atoms with Crippen LogP contribution < -0.4 is 9.80 Å². The topological polar surface area (TPSA) is 6.48 Å². The zero-order valence-electron chi connectivity index (χ0n) is 19.6. The van der Waals surface area contributed by atoms with E-state index in [4.69, 9.17) is 4.11 Å². The van der Waals surface area contributed by atoms with Gasteiger partial charge < -0.3 is 9.80 Å². The van der Waals surface area contributed by atoms with Crippen LogP contribution in [0.15, 0.2) is 78.9 Å². The van der Waals surface area contributed by atoms with Crippen molar-refractivity contribution in [2.45, 2.75) is 44.8 Å². The van der Waals surface area contributed by atoms with E-state index < -0.39 is 18.9 Å². The predicted octanol–water partition coefficient (Wildman–Crippen LogP) is 5.57. The summed E-state index contributed by atoms with van der Waals surface area (Å²) in [6.45, 7) is 1.83. The minimum Gasteiger partial charge on any atom is -0.346 e. The molecule has 0 radical (unpaired) electrons. The summed E-state index contributed by atoms with van der Waals surface area (Å²) in [6, 6.07) is 25.1. The van der Waals surface area contributed by atoms with Crippen molar-refractivity contribution < 1.29 is 5.48 Å². The summed E-state index contributed by atoms with van der Waals surface area (Å²) in [7, 11) is 0. The fourth-order valence-corrected chi connectivity index (χ4v) is 4.79. The van der Waals surface area contributed by atoms with Gasteiger partial charge in [-0.05, 0) is 49.5 Å². The molecule has 2 heteroatoms. The zero-order valence-corrected chi connectivity index (χ0v) is 15.6. The second kappa shape index (κ2) is 6.16. The van der Waals surface area contributed by atoms with Gasteiger partial charge in [0.05, 0.1) is 12.2 Å². The lowest BCUT2D eigenvalue weighted by Crippen LogP contribution is -2.38. The predicted molar refractivity (Wildman–Crippen MR) is 114 cm³/mol. The van der Waals surface area contributed by atoms with Crippen LogP contribution in [0, 0.1) is 6.92 Å². The Morgan fingerprint density at radius 2 is 1.48 bits per heavy atom. The van der Waals surface area contributed by atoms with Crippen molar-refractivity contribution >= 4 is 11.4 Å². The van der Waals surface area contributed by atoms with Gasteiger partial charge in [0.2, 0.25) is 0 Å². The molecule has 2 aliphatic rings. The molecule has 1 fully saturated rings. The molecule has 3 aromatic carbocycles. The second-order valence-electron chi connectivity index (χ2n) is 7.46. The Morgan fingerprint density at radius 3 is 2.22 bits per heavy atom. The first kappa shape index (κ1) is 12.6. The lowest BCUT2D eigenvalue weighted by molar-refractivity contribution is 0.568. The van der Waals surface area contributed by atoms with Crippen molar-refractivity contribution in [2.24, 2.45) is 0 Å². The van der Waals surface area contributed by atoms with Crippen LogP contribution in [0.25, 0.3) is 0 Å². The smallest absolute Gasteiger partial charge is 0.0994 e. The summed E-state index contributed by atoms with van der Waals surface area (Å²) in [6.07, 6.45) is -0.842. The van der Waals surface area contributed by atoms with Gasteiger partial charge in [-0.3, -0.25) is 0 Å². The Balaban J connectivity index is 1.78. The Morgan fingerprint density at radius 1 is 0.815 bits per heavy atom. The van der Waals surface area contributed by atoms with Gasteiger partial charge in [-0.25, -0.2) is 0 Å². The molecule has 0 saturated carbocycles. The average molecular weight is 359 g/mol. The Bertz CT molecular complexity index is 1110. The Labute approximate surface area is 167 Å².